The Morgan fingerprint density at radius 1 is 1.42 bits per heavy atom. The fourth-order valence-electron chi connectivity index (χ4n) is 1.30. The van der Waals surface area contributed by atoms with Gasteiger partial charge in [-0.2, -0.15) is 0 Å². The van der Waals surface area contributed by atoms with Crippen LogP contribution in [-0.4, -0.2) is 17.3 Å². The number of anilines is 1. The third-order valence-corrected chi connectivity index (χ3v) is 2.42. The highest BCUT2D eigenvalue weighted by molar-refractivity contribution is 5.80. The van der Waals surface area contributed by atoms with E-state index < -0.39 is 0 Å². The van der Waals surface area contributed by atoms with E-state index in [1.165, 1.54) is 0 Å². The Morgan fingerprint density at radius 2 is 2.11 bits per heavy atom. The molecule has 4 nitrogen and oxygen atoms in total. The van der Waals surface area contributed by atoms with Crippen LogP contribution in [0.25, 0.3) is 0 Å². The van der Waals surface area contributed by atoms with Gasteiger partial charge in [-0.1, -0.05) is 32.0 Å². The zero-order chi connectivity index (χ0) is 14.7. The molecule has 0 saturated carbocycles. The van der Waals surface area contributed by atoms with E-state index in [1.807, 2.05) is 26.0 Å². The lowest BCUT2D eigenvalue weighted by molar-refractivity contribution is 0.158. The second-order valence-corrected chi connectivity index (χ2v) is 4.74. The number of aromatic nitrogens is 1. The van der Waals surface area contributed by atoms with E-state index in [0.29, 0.717) is 18.3 Å². The molecule has 0 aliphatic carbocycles. The van der Waals surface area contributed by atoms with E-state index in [0.717, 1.165) is 24.1 Å². The first-order chi connectivity index (χ1) is 9.01. The van der Waals surface area contributed by atoms with Gasteiger partial charge < -0.3 is 10.6 Å². The van der Waals surface area contributed by atoms with E-state index >= 15 is 0 Å². The van der Waals surface area contributed by atoms with E-state index in [2.05, 4.69) is 30.9 Å². The molecular formula is C15H27N3O. The van der Waals surface area contributed by atoms with Crippen LogP contribution < -0.4 is 5.73 Å². The minimum Gasteiger partial charge on any atom is -0.396 e. The van der Waals surface area contributed by atoms with E-state index in [9.17, 15) is 0 Å². The van der Waals surface area contributed by atoms with Gasteiger partial charge in [0.1, 0.15) is 12.4 Å². The minimum absolute atomic E-state index is 0.640. The van der Waals surface area contributed by atoms with Gasteiger partial charge in [0.25, 0.3) is 0 Å². The van der Waals surface area contributed by atoms with Crippen LogP contribution >= 0.6 is 0 Å². The number of hydrogen-bond donors (Lipinski definition) is 1. The average molecular weight is 265 g/mol. The number of nitrogen functional groups attached to an aromatic ring is 1. The molecule has 2 N–H and O–H groups in total. The summed E-state index contributed by atoms with van der Waals surface area (Å²) in [5.41, 5.74) is 7.86. The summed E-state index contributed by atoms with van der Waals surface area (Å²) < 4.78 is 0. The number of nitrogens with zero attached hydrogens (tertiary/aromatic N) is 2. The zero-order valence-corrected chi connectivity index (χ0v) is 12.8. The standard InChI is InChI=1S/C9H14N2.C6H13NO/c1-7(2)6-8-4-3-5-11-9(8)10;1-4-6(3)7-8-5-2/h3-5,7H,6H2,1-2H3,(H2,10,11);4-5H2,1-3H3/b;7-6+. The van der Waals surface area contributed by atoms with Crippen molar-refractivity contribution in [1.29, 1.82) is 0 Å². The largest absolute Gasteiger partial charge is 0.396 e. The summed E-state index contributed by atoms with van der Waals surface area (Å²) in [6.07, 6.45) is 3.71. The molecule has 0 amide bonds. The quantitative estimate of drug-likeness (QED) is 0.652. The molecule has 0 saturated heterocycles. The van der Waals surface area contributed by atoms with Crippen molar-refractivity contribution in [3.8, 4) is 0 Å². The fourth-order valence-corrected chi connectivity index (χ4v) is 1.30. The average Bonchev–Trinajstić information content (AvgIpc) is 2.39. The molecule has 1 heterocycles. The smallest absolute Gasteiger partial charge is 0.126 e. The summed E-state index contributed by atoms with van der Waals surface area (Å²) in [5, 5.41) is 3.78. The third kappa shape index (κ3) is 9.05. The molecule has 4 heteroatoms. The Bertz CT molecular complexity index is 375. The summed E-state index contributed by atoms with van der Waals surface area (Å²) in [7, 11) is 0. The Balaban J connectivity index is 0.000000362. The highest BCUT2D eigenvalue weighted by atomic mass is 16.6. The maximum atomic E-state index is 5.66. The van der Waals surface area contributed by atoms with Crippen LogP contribution in [0.2, 0.25) is 0 Å². The highest BCUT2D eigenvalue weighted by Crippen LogP contribution is 2.12. The van der Waals surface area contributed by atoms with Crippen LogP contribution in [0, 0.1) is 5.92 Å². The van der Waals surface area contributed by atoms with Crippen molar-refractivity contribution < 1.29 is 4.84 Å². The van der Waals surface area contributed by atoms with Crippen molar-refractivity contribution in [3.63, 3.8) is 0 Å². The number of rotatable bonds is 5. The fraction of sp³-hybridized carbons (Fsp3) is 0.600. The van der Waals surface area contributed by atoms with Gasteiger partial charge in [0.05, 0.1) is 5.71 Å². The van der Waals surface area contributed by atoms with Crippen LogP contribution in [0.15, 0.2) is 23.5 Å². The lowest BCUT2D eigenvalue weighted by Crippen LogP contribution is -2.00. The van der Waals surface area contributed by atoms with E-state index in [4.69, 9.17) is 10.6 Å². The van der Waals surface area contributed by atoms with Crippen molar-refractivity contribution in [2.75, 3.05) is 12.3 Å². The normalized spacial score (nSPS) is 10.9. The van der Waals surface area contributed by atoms with Crippen LogP contribution in [0.1, 0.15) is 46.6 Å². The third-order valence-electron chi connectivity index (χ3n) is 2.42. The van der Waals surface area contributed by atoms with Gasteiger partial charge in [0, 0.05) is 6.20 Å². The van der Waals surface area contributed by atoms with Crippen molar-refractivity contribution >= 4 is 11.5 Å². The van der Waals surface area contributed by atoms with Gasteiger partial charge in [-0.3, -0.25) is 0 Å². The highest BCUT2D eigenvalue weighted by Gasteiger charge is 2.00. The van der Waals surface area contributed by atoms with Gasteiger partial charge in [-0.15, -0.1) is 0 Å². The molecule has 0 aromatic carbocycles. The van der Waals surface area contributed by atoms with Crippen molar-refractivity contribution in [2.24, 2.45) is 11.1 Å². The van der Waals surface area contributed by atoms with Crippen LogP contribution in [0.3, 0.4) is 0 Å². The second-order valence-electron chi connectivity index (χ2n) is 4.74. The van der Waals surface area contributed by atoms with Crippen molar-refractivity contribution in [3.05, 3.63) is 23.9 Å². The molecule has 108 valence electrons. The number of pyridine rings is 1. The van der Waals surface area contributed by atoms with Gasteiger partial charge in [-0.05, 0) is 44.2 Å². The topological polar surface area (TPSA) is 60.5 Å². The molecule has 1 aromatic heterocycles. The molecule has 1 aromatic rings. The summed E-state index contributed by atoms with van der Waals surface area (Å²) in [6.45, 7) is 10.9. The number of oxime groups is 1. The van der Waals surface area contributed by atoms with Gasteiger partial charge in [0.15, 0.2) is 0 Å². The van der Waals surface area contributed by atoms with Gasteiger partial charge in [-0.25, -0.2) is 4.98 Å². The predicted octanol–water partition coefficient (Wildman–Crippen LogP) is 3.67. The maximum absolute atomic E-state index is 5.66. The number of nitrogens with two attached hydrogens (primary N) is 1. The SMILES string of the molecule is CC(C)Cc1cccnc1N.CCO/N=C(\C)CC. The second kappa shape index (κ2) is 10.4. The zero-order valence-electron chi connectivity index (χ0n) is 12.8. The first-order valence-electron chi connectivity index (χ1n) is 6.85. The van der Waals surface area contributed by atoms with Crippen molar-refractivity contribution in [2.45, 2.75) is 47.5 Å². The number of hydrogen-bond acceptors (Lipinski definition) is 4. The molecule has 0 radical (unpaired) electrons. The van der Waals surface area contributed by atoms with Gasteiger partial charge in [0.2, 0.25) is 0 Å². The molecule has 0 aliphatic rings. The molecular weight excluding hydrogens is 238 g/mol. The van der Waals surface area contributed by atoms with Crippen molar-refractivity contribution in [1.82, 2.24) is 4.98 Å². The molecule has 0 unspecified atom stereocenters. The molecule has 0 spiro atoms. The van der Waals surface area contributed by atoms with Crippen LogP contribution in [0.4, 0.5) is 5.82 Å². The molecule has 1 rings (SSSR count). The van der Waals surface area contributed by atoms with E-state index in [1.54, 1.807) is 6.20 Å². The Hall–Kier alpha value is -1.58. The molecule has 19 heavy (non-hydrogen) atoms. The summed E-state index contributed by atoms with van der Waals surface area (Å²) >= 11 is 0. The lowest BCUT2D eigenvalue weighted by Gasteiger charge is -2.05. The molecule has 0 atom stereocenters. The monoisotopic (exact) mass is 265 g/mol. The first-order valence-corrected chi connectivity index (χ1v) is 6.85. The summed E-state index contributed by atoms with van der Waals surface area (Å²) in [6, 6.07) is 3.95. The Morgan fingerprint density at radius 3 is 2.58 bits per heavy atom. The predicted molar refractivity (Wildman–Crippen MR) is 82.2 cm³/mol. The van der Waals surface area contributed by atoms with Crippen LogP contribution in [0.5, 0.6) is 0 Å². The first kappa shape index (κ1) is 17.4. The minimum atomic E-state index is 0.640. The Labute approximate surface area is 117 Å². The molecule has 0 fully saturated rings. The summed E-state index contributed by atoms with van der Waals surface area (Å²) in [5.74, 6) is 1.31. The van der Waals surface area contributed by atoms with Gasteiger partial charge >= 0.3 is 0 Å². The molecule has 0 bridgehead atoms. The van der Waals surface area contributed by atoms with E-state index in [-0.39, 0.29) is 0 Å². The molecule has 0 aliphatic heterocycles. The maximum Gasteiger partial charge on any atom is 0.126 e. The van der Waals surface area contributed by atoms with Crippen LogP contribution in [-0.2, 0) is 11.3 Å². The summed E-state index contributed by atoms with van der Waals surface area (Å²) in [4.78, 5) is 8.78. The Kier molecular flexibility index (Phi) is 9.49. The lowest BCUT2D eigenvalue weighted by atomic mass is 10.0.